The van der Waals surface area contributed by atoms with Crippen molar-refractivity contribution in [3.8, 4) is 0 Å². The van der Waals surface area contributed by atoms with Crippen molar-refractivity contribution < 1.29 is 17.6 Å². The van der Waals surface area contributed by atoms with Crippen molar-refractivity contribution in [3.63, 3.8) is 0 Å². The zero-order valence-electron chi connectivity index (χ0n) is 7.48. The Morgan fingerprint density at radius 1 is 1.33 bits per heavy atom. The second-order valence-corrected chi connectivity index (χ2v) is 3.48. The molecule has 0 aromatic heterocycles. The van der Waals surface area contributed by atoms with Gasteiger partial charge in [-0.15, -0.1) is 0 Å². The van der Waals surface area contributed by atoms with Crippen LogP contribution in [0, 0.1) is 5.82 Å². The smallest absolute Gasteiger partial charge is 0.324 e. The van der Waals surface area contributed by atoms with Gasteiger partial charge in [0, 0.05) is 11.6 Å². The summed E-state index contributed by atoms with van der Waals surface area (Å²) in [6, 6.07) is 2.37. The molecule has 1 unspecified atom stereocenters. The first kappa shape index (κ1) is 12.3. The van der Waals surface area contributed by atoms with Crippen LogP contribution < -0.4 is 5.73 Å². The molecule has 0 fully saturated rings. The molecule has 15 heavy (non-hydrogen) atoms. The Kier molecular flexibility index (Phi) is 3.57. The zero-order valence-corrected chi connectivity index (χ0v) is 8.24. The van der Waals surface area contributed by atoms with E-state index < -0.39 is 24.5 Å². The third-order valence-corrected chi connectivity index (χ3v) is 2.12. The minimum atomic E-state index is -4.42. The monoisotopic (exact) mass is 241 g/mol. The quantitative estimate of drug-likeness (QED) is 0.789. The number of benzene rings is 1. The Bertz CT molecular complexity index is 350. The van der Waals surface area contributed by atoms with Crippen LogP contribution in [0.15, 0.2) is 18.2 Å². The summed E-state index contributed by atoms with van der Waals surface area (Å²) < 4.78 is 49.2. The standard InChI is InChI=1S/C9H8ClF4N/c10-6-3-1-2-5(8(6)11)7(15)4-9(12,13)14/h1-3,7H,4,15H2. The topological polar surface area (TPSA) is 26.0 Å². The van der Waals surface area contributed by atoms with Gasteiger partial charge in [-0.2, -0.15) is 13.2 Å². The maximum Gasteiger partial charge on any atom is 0.390 e. The molecule has 0 saturated heterocycles. The van der Waals surface area contributed by atoms with Crippen LogP contribution in [-0.2, 0) is 0 Å². The summed E-state index contributed by atoms with van der Waals surface area (Å²) in [6.45, 7) is 0. The maximum atomic E-state index is 13.2. The van der Waals surface area contributed by atoms with E-state index in [1.807, 2.05) is 0 Å². The highest BCUT2D eigenvalue weighted by molar-refractivity contribution is 6.30. The van der Waals surface area contributed by atoms with Gasteiger partial charge in [-0.25, -0.2) is 4.39 Å². The summed E-state index contributed by atoms with van der Waals surface area (Å²) in [4.78, 5) is 0. The van der Waals surface area contributed by atoms with Gasteiger partial charge >= 0.3 is 6.18 Å². The van der Waals surface area contributed by atoms with E-state index in [9.17, 15) is 17.6 Å². The fourth-order valence-electron chi connectivity index (χ4n) is 1.17. The fraction of sp³-hybridized carbons (Fsp3) is 0.333. The Labute approximate surface area is 88.8 Å². The van der Waals surface area contributed by atoms with Crippen molar-refractivity contribution in [1.29, 1.82) is 0 Å². The van der Waals surface area contributed by atoms with Gasteiger partial charge in [0.15, 0.2) is 0 Å². The van der Waals surface area contributed by atoms with Crippen LogP contribution in [0.1, 0.15) is 18.0 Å². The highest BCUT2D eigenvalue weighted by Crippen LogP contribution is 2.30. The Morgan fingerprint density at radius 3 is 2.47 bits per heavy atom. The van der Waals surface area contributed by atoms with E-state index >= 15 is 0 Å². The van der Waals surface area contributed by atoms with Crippen molar-refractivity contribution in [2.75, 3.05) is 0 Å². The summed E-state index contributed by atoms with van der Waals surface area (Å²) in [5, 5.41) is -0.231. The predicted molar refractivity (Wildman–Crippen MR) is 49.0 cm³/mol. The molecule has 1 aromatic carbocycles. The first-order chi connectivity index (χ1) is 6.81. The molecule has 6 heteroatoms. The van der Waals surface area contributed by atoms with Crippen LogP contribution in [0.5, 0.6) is 0 Å². The molecule has 0 aliphatic rings. The van der Waals surface area contributed by atoms with Gasteiger partial charge in [-0.3, -0.25) is 0 Å². The van der Waals surface area contributed by atoms with Crippen LogP contribution in [0.3, 0.4) is 0 Å². The normalized spacial score (nSPS) is 14.0. The summed E-state index contributed by atoms with van der Waals surface area (Å²) in [6.07, 6.45) is -5.70. The lowest BCUT2D eigenvalue weighted by molar-refractivity contribution is -0.138. The summed E-state index contributed by atoms with van der Waals surface area (Å²) in [5.74, 6) is -0.893. The van der Waals surface area contributed by atoms with Gasteiger partial charge in [0.25, 0.3) is 0 Å². The second-order valence-electron chi connectivity index (χ2n) is 3.07. The second kappa shape index (κ2) is 4.37. The minimum Gasteiger partial charge on any atom is -0.324 e. The van der Waals surface area contributed by atoms with Gasteiger partial charge < -0.3 is 5.73 Å². The molecular weight excluding hydrogens is 234 g/mol. The van der Waals surface area contributed by atoms with Crippen molar-refractivity contribution in [2.24, 2.45) is 5.73 Å². The first-order valence-corrected chi connectivity index (χ1v) is 4.45. The molecule has 2 N–H and O–H groups in total. The van der Waals surface area contributed by atoms with Crippen molar-refractivity contribution >= 4 is 11.6 Å². The van der Waals surface area contributed by atoms with E-state index in [1.54, 1.807) is 0 Å². The lowest BCUT2D eigenvalue weighted by atomic mass is 10.0. The molecule has 0 amide bonds. The van der Waals surface area contributed by atoms with E-state index in [0.717, 1.165) is 0 Å². The van der Waals surface area contributed by atoms with E-state index in [1.165, 1.54) is 18.2 Å². The van der Waals surface area contributed by atoms with Gasteiger partial charge in [0.1, 0.15) is 5.82 Å². The molecule has 0 saturated carbocycles. The van der Waals surface area contributed by atoms with Gasteiger partial charge in [0.05, 0.1) is 11.4 Å². The average molecular weight is 242 g/mol. The number of nitrogens with two attached hydrogens (primary N) is 1. The molecule has 1 nitrogen and oxygen atoms in total. The third-order valence-electron chi connectivity index (χ3n) is 1.83. The van der Waals surface area contributed by atoms with E-state index in [0.29, 0.717) is 0 Å². The highest BCUT2D eigenvalue weighted by Gasteiger charge is 2.32. The van der Waals surface area contributed by atoms with E-state index in [4.69, 9.17) is 17.3 Å². The van der Waals surface area contributed by atoms with Crippen LogP contribution in [0.25, 0.3) is 0 Å². The van der Waals surface area contributed by atoms with Crippen molar-refractivity contribution in [2.45, 2.75) is 18.6 Å². The highest BCUT2D eigenvalue weighted by atomic mass is 35.5. The molecule has 0 aliphatic carbocycles. The summed E-state index contributed by atoms with van der Waals surface area (Å²) in [7, 11) is 0. The number of hydrogen-bond acceptors (Lipinski definition) is 1. The average Bonchev–Trinajstić information content (AvgIpc) is 2.06. The first-order valence-electron chi connectivity index (χ1n) is 4.07. The molecule has 1 atom stereocenters. The zero-order chi connectivity index (χ0) is 11.6. The van der Waals surface area contributed by atoms with Crippen LogP contribution in [-0.4, -0.2) is 6.18 Å². The molecule has 0 bridgehead atoms. The predicted octanol–water partition coefficient (Wildman–Crippen LogP) is 3.43. The minimum absolute atomic E-state index is 0.222. The van der Waals surface area contributed by atoms with Crippen LogP contribution in [0.2, 0.25) is 5.02 Å². The Morgan fingerprint density at radius 2 is 1.93 bits per heavy atom. The Hall–Kier alpha value is -0.810. The number of alkyl halides is 3. The molecule has 1 rings (SSSR count). The molecule has 84 valence electrons. The van der Waals surface area contributed by atoms with Gasteiger partial charge in [-0.05, 0) is 6.07 Å². The molecule has 0 radical (unpaired) electrons. The number of hydrogen-bond donors (Lipinski definition) is 1. The Balaban J connectivity index is 2.92. The summed E-state index contributed by atoms with van der Waals surface area (Å²) in [5.41, 5.74) is 5.01. The molecule has 0 heterocycles. The lowest BCUT2D eigenvalue weighted by Gasteiger charge is -2.15. The van der Waals surface area contributed by atoms with Crippen molar-refractivity contribution in [3.05, 3.63) is 34.6 Å². The fourth-order valence-corrected chi connectivity index (χ4v) is 1.35. The van der Waals surface area contributed by atoms with E-state index in [-0.39, 0.29) is 10.6 Å². The van der Waals surface area contributed by atoms with Crippen LogP contribution >= 0.6 is 11.6 Å². The van der Waals surface area contributed by atoms with Gasteiger partial charge in [0.2, 0.25) is 0 Å². The van der Waals surface area contributed by atoms with Gasteiger partial charge in [-0.1, -0.05) is 23.7 Å². The number of rotatable bonds is 2. The van der Waals surface area contributed by atoms with Crippen molar-refractivity contribution in [1.82, 2.24) is 0 Å². The lowest BCUT2D eigenvalue weighted by Crippen LogP contribution is -2.21. The molecule has 0 aliphatic heterocycles. The molecule has 1 aromatic rings. The SMILES string of the molecule is NC(CC(F)(F)F)c1cccc(Cl)c1F. The summed E-state index contributed by atoms with van der Waals surface area (Å²) >= 11 is 5.42. The molecular formula is C9H8ClF4N. The van der Waals surface area contributed by atoms with Crippen LogP contribution in [0.4, 0.5) is 17.6 Å². The number of halogens is 5. The molecule has 0 spiro atoms. The third kappa shape index (κ3) is 3.35. The maximum absolute atomic E-state index is 13.2. The van der Waals surface area contributed by atoms with E-state index in [2.05, 4.69) is 0 Å². The largest absolute Gasteiger partial charge is 0.390 e.